The molecule has 5 rings (SSSR count). The molecule has 1 aliphatic carbocycles. The van der Waals surface area contributed by atoms with Crippen LogP contribution < -0.4 is 5.32 Å². The summed E-state index contributed by atoms with van der Waals surface area (Å²) in [6.45, 7) is 5.52. The minimum absolute atomic E-state index is 0.0111. The average molecular weight is 378 g/mol. The molecule has 0 radical (unpaired) electrons. The number of carbonyl (C=O) groups excluding carboxylic acids is 1. The minimum Gasteiger partial charge on any atom is -0.382 e. The van der Waals surface area contributed by atoms with E-state index in [1.807, 2.05) is 26.1 Å². The number of fused-ring (bicyclic) bond motifs is 2. The van der Waals surface area contributed by atoms with Gasteiger partial charge >= 0.3 is 0 Å². The van der Waals surface area contributed by atoms with Gasteiger partial charge in [0.25, 0.3) is 0 Å². The van der Waals surface area contributed by atoms with Crippen LogP contribution in [0.4, 0.5) is 0 Å². The Hall–Kier alpha value is -2.92. The third-order valence-corrected chi connectivity index (χ3v) is 6.09. The molecule has 144 valence electrons. The molecule has 4 aliphatic rings. The van der Waals surface area contributed by atoms with E-state index in [0.717, 1.165) is 22.7 Å². The zero-order chi connectivity index (χ0) is 19.6. The summed E-state index contributed by atoms with van der Waals surface area (Å²) in [6, 6.07) is 2.21. The molecule has 3 unspecified atom stereocenters. The highest BCUT2D eigenvalue weighted by molar-refractivity contribution is 6.03. The third kappa shape index (κ3) is 2.29. The maximum absolute atomic E-state index is 13.1. The topological polar surface area (TPSA) is 117 Å². The zero-order valence-electron chi connectivity index (χ0n) is 15.8. The summed E-state index contributed by atoms with van der Waals surface area (Å²) in [4.78, 5) is 27.3. The normalized spacial score (nSPS) is 26.2. The minimum atomic E-state index is -0.799. The summed E-state index contributed by atoms with van der Waals surface area (Å²) in [5, 5.41) is 23.0. The third-order valence-electron chi connectivity index (χ3n) is 6.09. The van der Waals surface area contributed by atoms with E-state index in [4.69, 9.17) is 10.2 Å². The van der Waals surface area contributed by atoms with Crippen molar-refractivity contribution in [1.29, 1.82) is 5.26 Å². The second kappa shape index (κ2) is 6.04. The van der Waals surface area contributed by atoms with Crippen LogP contribution in [-0.2, 0) is 4.79 Å². The lowest BCUT2D eigenvalue weighted by Crippen LogP contribution is -2.51. The number of aromatic nitrogens is 2. The van der Waals surface area contributed by atoms with Crippen LogP contribution in [0.1, 0.15) is 43.1 Å². The molecule has 0 saturated carbocycles. The number of hydrogen-bond donors (Lipinski definition) is 3. The van der Waals surface area contributed by atoms with Gasteiger partial charge in [-0.2, -0.15) is 5.26 Å². The van der Waals surface area contributed by atoms with Crippen LogP contribution in [0.5, 0.6) is 0 Å². The summed E-state index contributed by atoms with van der Waals surface area (Å²) in [7, 11) is 0. The van der Waals surface area contributed by atoms with Crippen molar-refractivity contribution < 1.29 is 9.90 Å². The Morgan fingerprint density at radius 1 is 1.43 bits per heavy atom. The number of imidazole rings is 1. The number of rotatable bonds is 3. The summed E-state index contributed by atoms with van der Waals surface area (Å²) in [5.41, 5.74) is 3.27. The number of dihydropyridines is 1. The first-order valence-corrected chi connectivity index (χ1v) is 9.67. The first-order chi connectivity index (χ1) is 13.5. The van der Waals surface area contributed by atoms with Gasteiger partial charge in [0, 0.05) is 19.3 Å². The van der Waals surface area contributed by atoms with Gasteiger partial charge in [0.2, 0.25) is 5.91 Å². The quantitative estimate of drug-likeness (QED) is 0.727. The van der Waals surface area contributed by atoms with Gasteiger partial charge in [-0.25, -0.2) is 4.98 Å². The van der Waals surface area contributed by atoms with Gasteiger partial charge in [0.1, 0.15) is 17.8 Å². The number of nitriles is 1. The van der Waals surface area contributed by atoms with E-state index in [1.54, 1.807) is 4.90 Å². The fraction of sp³-hybridized carbons (Fsp3) is 0.500. The average Bonchev–Trinajstić information content (AvgIpc) is 3.24. The number of amidine groups is 1. The lowest BCUT2D eigenvalue weighted by atomic mass is 9.79. The molecule has 4 heterocycles. The monoisotopic (exact) mass is 378 g/mol. The van der Waals surface area contributed by atoms with E-state index in [1.165, 1.54) is 0 Å². The van der Waals surface area contributed by atoms with Gasteiger partial charge in [0.05, 0.1) is 41.8 Å². The number of carbonyl (C=O) groups is 1. The number of nitrogens with one attached hydrogen (secondary N) is 2. The standard InChI is InChI=1S/C20H22N6O2/c1-9(2)13(20(28)26-7-10(5-21)8-26)19-24-15-11-3-4-22-18-14(11)12(6-23-18)17(27)16(15)25-19/h3,6,9-10,13-14,17,27H,4,7-8H2,1-2H3,(H,22,23)(H,24,25). The first kappa shape index (κ1) is 17.2. The highest BCUT2D eigenvalue weighted by Gasteiger charge is 2.45. The first-order valence-electron chi connectivity index (χ1n) is 9.67. The number of hydrogen-bond acceptors (Lipinski definition) is 6. The van der Waals surface area contributed by atoms with Crippen molar-refractivity contribution in [2.45, 2.75) is 25.9 Å². The molecular weight excluding hydrogens is 356 g/mol. The number of H-pyrrole nitrogens is 1. The van der Waals surface area contributed by atoms with Gasteiger partial charge in [-0.1, -0.05) is 19.9 Å². The molecule has 3 N–H and O–H groups in total. The predicted octanol–water partition coefficient (Wildman–Crippen LogP) is 1.08. The Kier molecular flexibility index (Phi) is 3.71. The Labute approximate surface area is 162 Å². The van der Waals surface area contributed by atoms with Crippen LogP contribution >= 0.6 is 0 Å². The SMILES string of the molecule is CC(C)C(C(=O)N1CC(C#N)C1)c1nc2c([nH]1)C(O)C1=CNC3=NCC=C2C13. The van der Waals surface area contributed by atoms with E-state index in [-0.39, 0.29) is 23.7 Å². The number of amides is 1. The van der Waals surface area contributed by atoms with E-state index >= 15 is 0 Å². The Balaban J connectivity index is 1.52. The van der Waals surface area contributed by atoms with E-state index in [9.17, 15) is 9.90 Å². The van der Waals surface area contributed by atoms with Gasteiger partial charge in [0.15, 0.2) is 0 Å². The number of aliphatic imine (C=N–C) groups is 1. The van der Waals surface area contributed by atoms with Crippen LogP contribution in [0.3, 0.4) is 0 Å². The van der Waals surface area contributed by atoms with Crippen LogP contribution in [0.15, 0.2) is 22.8 Å². The summed E-state index contributed by atoms with van der Waals surface area (Å²) in [5.74, 6) is 0.880. The summed E-state index contributed by atoms with van der Waals surface area (Å²) in [6.07, 6.45) is 3.07. The molecule has 0 spiro atoms. The highest BCUT2D eigenvalue weighted by Crippen LogP contribution is 2.47. The van der Waals surface area contributed by atoms with E-state index in [2.05, 4.69) is 21.4 Å². The molecule has 1 aromatic rings. The highest BCUT2D eigenvalue weighted by atomic mass is 16.3. The predicted molar refractivity (Wildman–Crippen MR) is 102 cm³/mol. The largest absolute Gasteiger partial charge is 0.382 e. The Bertz CT molecular complexity index is 989. The van der Waals surface area contributed by atoms with Crippen LogP contribution in [0, 0.1) is 29.1 Å². The molecule has 1 amide bonds. The Morgan fingerprint density at radius 2 is 2.21 bits per heavy atom. The lowest BCUT2D eigenvalue weighted by molar-refractivity contribution is -0.139. The van der Waals surface area contributed by atoms with Crippen molar-refractivity contribution in [3.05, 3.63) is 35.1 Å². The molecule has 1 fully saturated rings. The second-order valence-electron chi connectivity index (χ2n) is 8.18. The molecule has 1 saturated heterocycles. The molecule has 8 nitrogen and oxygen atoms in total. The van der Waals surface area contributed by atoms with Crippen molar-refractivity contribution in [3.63, 3.8) is 0 Å². The van der Waals surface area contributed by atoms with Crippen molar-refractivity contribution in [2.24, 2.45) is 22.7 Å². The number of aliphatic hydroxyl groups is 1. The second-order valence-corrected chi connectivity index (χ2v) is 8.18. The molecule has 0 aromatic carbocycles. The van der Waals surface area contributed by atoms with Gasteiger partial charge in [-0.15, -0.1) is 0 Å². The fourth-order valence-electron chi connectivity index (χ4n) is 4.57. The van der Waals surface area contributed by atoms with Crippen molar-refractivity contribution in [3.8, 4) is 6.07 Å². The summed E-state index contributed by atoms with van der Waals surface area (Å²) >= 11 is 0. The maximum atomic E-state index is 13.1. The van der Waals surface area contributed by atoms with Gasteiger partial charge in [-0.05, 0) is 17.1 Å². The molecule has 1 aromatic heterocycles. The van der Waals surface area contributed by atoms with E-state index in [0.29, 0.717) is 31.2 Å². The smallest absolute Gasteiger partial charge is 0.233 e. The fourth-order valence-corrected chi connectivity index (χ4v) is 4.57. The molecule has 3 aliphatic heterocycles. The van der Waals surface area contributed by atoms with Crippen LogP contribution in [0.25, 0.3) is 5.57 Å². The maximum Gasteiger partial charge on any atom is 0.233 e. The van der Waals surface area contributed by atoms with Crippen molar-refractivity contribution in [1.82, 2.24) is 20.2 Å². The number of aliphatic hydroxyl groups excluding tert-OH is 1. The number of likely N-dealkylation sites (tertiary alicyclic amines) is 1. The molecule has 8 heteroatoms. The lowest BCUT2D eigenvalue weighted by Gasteiger charge is -2.38. The van der Waals surface area contributed by atoms with Crippen LogP contribution in [-0.4, -0.2) is 51.4 Å². The number of aromatic amines is 1. The van der Waals surface area contributed by atoms with Crippen molar-refractivity contribution in [2.75, 3.05) is 19.6 Å². The van der Waals surface area contributed by atoms with Gasteiger partial charge < -0.3 is 20.3 Å². The molecule has 0 bridgehead atoms. The zero-order valence-corrected chi connectivity index (χ0v) is 15.8. The molecule has 28 heavy (non-hydrogen) atoms. The van der Waals surface area contributed by atoms with Crippen molar-refractivity contribution >= 4 is 17.3 Å². The molecular formula is C20H22N6O2. The molecule has 3 atom stereocenters. The van der Waals surface area contributed by atoms with Gasteiger partial charge in [-0.3, -0.25) is 9.79 Å². The summed E-state index contributed by atoms with van der Waals surface area (Å²) < 4.78 is 0. The van der Waals surface area contributed by atoms with Crippen LogP contribution in [0.2, 0.25) is 0 Å². The van der Waals surface area contributed by atoms with E-state index < -0.39 is 12.0 Å². The number of nitrogens with zero attached hydrogens (tertiary/aromatic N) is 4. The Morgan fingerprint density at radius 3 is 2.93 bits per heavy atom.